The average molecular weight is 392 g/mol. The molecule has 0 bridgehead atoms. The Labute approximate surface area is 169 Å². The number of ether oxygens (including phenoxy) is 1. The molecule has 1 saturated heterocycles. The zero-order valence-corrected chi connectivity index (χ0v) is 16.4. The summed E-state index contributed by atoms with van der Waals surface area (Å²) in [6, 6.07) is 17.2. The fourth-order valence-electron chi connectivity index (χ4n) is 3.51. The average Bonchev–Trinajstić information content (AvgIpc) is 3.23. The van der Waals surface area contributed by atoms with E-state index in [1.165, 1.54) is 0 Å². The van der Waals surface area contributed by atoms with E-state index in [0.29, 0.717) is 18.3 Å². The maximum absolute atomic E-state index is 12.6. The molecule has 1 aromatic heterocycles. The quantitative estimate of drug-likeness (QED) is 0.690. The van der Waals surface area contributed by atoms with Crippen LogP contribution in [0.25, 0.3) is 11.4 Å². The van der Waals surface area contributed by atoms with Crippen molar-refractivity contribution in [1.29, 1.82) is 0 Å². The van der Waals surface area contributed by atoms with Gasteiger partial charge in [0.05, 0.1) is 13.7 Å². The van der Waals surface area contributed by atoms with Gasteiger partial charge in [-0.1, -0.05) is 41.6 Å². The Morgan fingerprint density at radius 1 is 1.17 bits per heavy atom. The summed E-state index contributed by atoms with van der Waals surface area (Å²) in [7, 11) is 1.61. The van der Waals surface area contributed by atoms with Gasteiger partial charge in [-0.25, -0.2) is 0 Å². The van der Waals surface area contributed by atoms with Crippen LogP contribution in [0.2, 0.25) is 0 Å². The number of aromatic nitrogens is 2. The molecule has 29 heavy (non-hydrogen) atoms. The van der Waals surface area contributed by atoms with Crippen LogP contribution in [0, 0.1) is 5.92 Å². The van der Waals surface area contributed by atoms with E-state index in [1.807, 2.05) is 54.6 Å². The van der Waals surface area contributed by atoms with Crippen molar-refractivity contribution in [2.45, 2.75) is 19.4 Å². The molecule has 4 rings (SSSR count). The fourth-order valence-corrected chi connectivity index (χ4v) is 3.51. The molecule has 1 fully saturated rings. The molecule has 2 aromatic carbocycles. The third kappa shape index (κ3) is 4.81. The summed E-state index contributed by atoms with van der Waals surface area (Å²) in [5.41, 5.74) is 1.70. The van der Waals surface area contributed by atoms with Crippen LogP contribution in [0.4, 0.5) is 5.69 Å². The molecule has 7 heteroatoms. The highest BCUT2D eigenvalue weighted by atomic mass is 16.5. The molecular weight excluding hydrogens is 368 g/mol. The Balaban J connectivity index is 1.28. The smallest absolute Gasteiger partial charge is 0.241 e. The van der Waals surface area contributed by atoms with Gasteiger partial charge in [-0.3, -0.25) is 9.69 Å². The lowest BCUT2D eigenvalue weighted by molar-refractivity contribution is -0.121. The molecule has 0 spiro atoms. The van der Waals surface area contributed by atoms with E-state index in [-0.39, 0.29) is 11.8 Å². The summed E-state index contributed by atoms with van der Waals surface area (Å²) in [6.45, 7) is 2.24. The number of piperidine rings is 1. The number of nitrogens with one attached hydrogen (secondary N) is 1. The van der Waals surface area contributed by atoms with Crippen LogP contribution < -0.4 is 10.1 Å². The summed E-state index contributed by atoms with van der Waals surface area (Å²) in [5.74, 6) is 1.99. The third-order valence-electron chi connectivity index (χ3n) is 5.15. The van der Waals surface area contributed by atoms with Crippen LogP contribution in [0.15, 0.2) is 59.1 Å². The molecule has 3 aromatic rings. The highest BCUT2D eigenvalue weighted by molar-refractivity contribution is 5.92. The molecule has 1 aliphatic rings. The Morgan fingerprint density at radius 3 is 2.72 bits per heavy atom. The van der Waals surface area contributed by atoms with E-state index >= 15 is 0 Å². The van der Waals surface area contributed by atoms with Crippen molar-refractivity contribution in [2.75, 3.05) is 25.5 Å². The molecule has 7 nitrogen and oxygen atoms in total. The second-order valence-electron chi connectivity index (χ2n) is 7.15. The van der Waals surface area contributed by atoms with Crippen LogP contribution >= 0.6 is 0 Å². The van der Waals surface area contributed by atoms with Crippen molar-refractivity contribution in [1.82, 2.24) is 15.0 Å². The minimum absolute atomic E-state index is 0.0000148. The Kier molecular flexibility index (Phi) is 5.86. The molecule has 0 saturated carbocycles. The predicted octanol–water partition coefficient (Wildman–Crippen LogP) is 3.60. The van der Waals surface area contributed by atoms with E-state index in [2.05, 4.69) is 20.4 Å². The van der Waals surface area contributed by atoms with Gasteiger partial charge in [-0.15, -0.1) is 0 Å². The van der Waals surface area contributed by atoms with E-state index in [1.54, 1.807) is 7.11 Å². The van der Waals surface area contributed by atoms with Crippen molar-refractivity contribution in [3.05, 3.63) is 60.5 Å². The van der Waals surface area contributed by atoms with Crippen molar-refractivity contribution in [2.24, 2.45) is 5.92 Å². The summed E-state index contributed by atoms with van der Waals surface area (Å²) < 4.78 is 10.6. The van der Waals surface area contributed by atoms with E-state index in [4.69, 9.17) is 9.26 Å². The topological polar surface area (TPSA) is 80.5 Å². The van der Waals surface area contributed by atoms with Gasteiger partial charge in [0.15, 0.2) is 0 Å². The van der Waals surface area contributed by atoms with Crippen molar-refractivity contribution < 1.29 is 14.1 Å². The highest BCUT2D eigenvalue weighted by Crippen LogP contribution is 2.23. The predicted molar refractivity (Wildman–Crippen MR) is 109 cm³/mol. The summed E-state index contributed by atoms with van der Waals surface area (Å²) >= 11 is 0. The van der Waals surface area contributed by atoms with Gasteiger partial charge in [0.1, 0.15) is 5.75 Å². The van der Waals surface area contributed by atoms with Crippen LogP contribution in [0.1, 0.15) is 18.7 Å². The number of amides is 1. The first-order valence-corrected chi connectivity index (χ1v) is 9.76. The molecule has 1 amide bonds. The molecule has 1 N–H and O–H groups in total. The zero-order valence-electron chi connectivity index (χ0n) is 16.4. The Morgan fingerprint density at radius 2 is 1.97 bits per heavy atom. The lowest BCUT2D eigenvalue weighted by Gasteiger charge is -2.30. The summed E-state index contributed by atoms with van der Waals surface area (Å²) in [4.78, 5) is 19.3. The first kappa shape index (κ1) is 19.1. The van der Waals surface area contributed by atoms with Crippen LogP contribution in [-0.4, -0.2) is 41.1 Å². The molecule has 2 heterocycles. The maximum Gasteiger partial charge on any atom is 0.241 e. The molecule has 0 unspecified atom stereocenters. The number of hydrogen-bond acceptors (Lipinski definition) is 6. The fraction of sp³-hybridized carbons (Fsp3) is 0.318. The largest absolute Gasteiger partial charge is 0.497 e. The van der Waals surface area contributed by atoms with Gasteiger partial charge in [0.2, 0.25) is 17.6 Å². The Hall–Kier alpha value is -3.19. The second kappa shape index (κ2) is 8.87. The van der Waals surface area contributed by atoms with Crippen LogP contribution in [0.5, 0.6) is 5.75 Å². The maximum atomic E-state index is 12.6. The molecular formula is C22H24N4O3. The van der Waals surface area contributed by atoms with Gasteiger partial charge in [-0.2, -0.15) is 4.98 Å². The van der Waals surface area contributed by atoms with Crippen LogP contribution in [0.3, 0.4) is 0 Å². The molecule has 0 atom stereocenters. The second-order valence-corrected chi connectivity index (χ2v) is 7.15. The van der Waals surface area contributed by atoms with Gasteiger partial charge in [0.25, 0.3) is 0 Å². The molecule has 1 aliphatic heterocycles. The van der Waals surface area contributed by atoms with Crippen molar-refractivity contribution >= 4 is 11.6 Å². The number of methoxy groups -OCH3 is 1. The summed E-state index contributed by atoms with van der Waals surface area (Å²) in [5, 5.41) is 7.06. The number of nitrogens with zero attached hydrogens (tertiary/aromatic N) is 3. The molecule has 0 radical (unpaired) electrons. The third-order valence-corrected chi connectivity index (χ3v) is 5.15. The monoisotopic (exact) mass is 392 g/mol. The number of anilines is 1. The summed E-state index contributed by atoms with van der Waals surface area (Å²) in [6.07, 6.45) is 1.60. The van der Waals surface area contributed by atoms with Crippen LogP contribution in [-0.2, 0) is 11.3 Å². The lowest BCUT2D eigenvalue weighted by atomic mass is 9.96. The standard InChI is InChI=1S/C22H24N4O3/c1-28-19-9-5-8-18(14-19)23-22(27)17-10-12-26(13-11-17)15-20-24-21(25-29-20)16-6-3-2-4-7-16/h2-9,14,17H,10-13,15H2,1H3,(H,23,27). The van der Waals surface area contributed by atoms with Crippen molar-refractivity contribution in [3.8, 4) is 17.1 Å². The zero-order chi connectivity index (χ0) is 20.1. The van der Waals surface area contributed by atoms with Gasteiger partial charge in [-0.05, 0) is 38.1 Å². The number of carbonyl (C=O) groups excluding carboxylic acids is 1. The Bertz CT molecular complexity index is 949. The normalized spacial score (nSPS) is 15.2. The highest BCUT2D eigenvalue weighted by Gasteiger charge is 2.26. The minimum atomic E-state index is 0.0000148. The van der Waals surface area contributed by atoms with Gasteiger partial charge < -0.3 is 14.6 Å². The number of benzene rings is 2. The number of rotatable bonds is 6. The number of carbonyl (C=O) groups is 1. The SMILES string of the molecule is COc1cccc(NC(=O)C2CCN(Cc3nc(-c4ccccc4)no3)CC2)c1. The lowest BCUT2D eigenvalue weighted by Crippen LogP contribution is -2.37. The number of hydrogen-bond donors (Lipinski definition) is 1. The van der Waals surface area contributed by atoms with E-state index in [9.17, 15) is 4.79 Å². The van der Waals surface area contributed by atoms with Gasteiger partial charge >= 0.3 is 0 Å². The molecule has 150 valence electrons. The molecule has 0 aliphatic carbocycles. The van der Waals surface area contributed by atoms with Crippen molar-refractivity contribution in [3.63, 3.8) is 0 Å². The van der Waals surface area contributed by atoms with E-state index in [0.717, 1.165) is 42.9 Å². The van der Waals surface area contributed by atoms with Gasteiger partial charge in [0, 0.05) is 23.2 Å². The first-order chi connectivity index (χ1) is 14.2. The number of likely N-dealkylation sites (tertiary alicyclic amines) is 1. The first-order valence-electron chi connectivity index (χ1n) is 9.76. The minimum Gasteiger partial charge on any atom is -0.497 e. The van der Waals surface area contributed by atoms with E-state index < -0.39 is 0 Å².